The number of nitriles is 1. The zero-order valence-electron chi connectivity index (χ0n) is 11.2. The van der Waals surface area contributed by atoms with Gasteiger partial charge in [0.15, 0.2) is 0 Å². The number of carbonyl (C=O) groups is 1. The summed E-state index contributed by atoms with van der Waals surface area (Å²) in [7, 11) is 0. The molecule has 2 N–H and O–H groups in total. The number of hydrogen-bond donors (Lipinski definition) is 2. The zero-order valence-corrected chi connectivity index (χ0v) is 11.2. The molecule has 1 aromatic heterocycles. The number of aromatic nitrogens is 1. The SMILES string of the molecule is CCCNC(=O)C(C)Nc1ncc(C#N)cc1[N+](=O)[O-]. The smallest absolute Gasteiger partial charge is 0.312 e. The Hall–Kier alpha value is -2.69. The van der Waals surface area contributed by atoms with E-state index in [1.807, 2.05) is 6.92 Å². The van der Waals surface area contributed by atoms with Crippen LogP contribution in [-0.2, 0) is 4.79 Å². The van der Waals surface area contributed by atoms with Gasteiger partial charge in [-0.3, -0.25) is 14.9 Å². The Kier molecular flexibility index (Phi) is 5.41. The summed E-state index contributed by atoms with van der Waals surface area (Å²) in [6.07, 6.45) is 2.01. The molecule has 1 aromatic rings. The molecule has 0 radical (unpaired) electrons. The molecule has 1 heterocycles. The van der Waals surface area contributed by atoms with Crippen molar-refractivity contribution >= 4 is 17.4 Å². The first kappa shape index (κ1) is 15.4. The Labute approximate surface area is 116 Å². The van der Waals surface area contributed by atoms with Crippen molar-refractivity contribution < 1.29 is 9.72 Å². The molecular weight excluding hydrogens is 262 g/mol. The molecule has 0 fully saturated rings. The van der Waals surface area contributed by atoms with Gasteiger partial charge in [0.25, 0.3) is 0 Å². The average Bonchev–Trinajstić information content (AvgIpc) is 2.44. The van der Waals surface area contributed by atoms with Crippen molar-refractivity contribution in [1.29, 1.82) is 5.26 Å². The Bertz CT molecular complexity index is 553. The van der Waals surface area contributed by atoms with Gasteiger partial charge in [-0.2, -0.15) is 5.26 Å². The van der Waals surface area contributed by atoms with Crippen molar-refractivity contribution in [2.75, 3.05) is 11.9 Å². The number of anilines is 1. The van der Waals surface area contributed by atoms with E-state index < -0.39 is 11.0 Å². The molecule has 0 spiro atoms. The van der Waals surface area contributed by atoms with Crippen LogP contribution in [0.25, 0.3) is 0 Å². The van der Waals surface area contributed by atoms with Crippen molar-refractivity contribution in [3.05, 3.63) is 27.9 Å². The standard InChI is InChI=1S/C12H15N5O3/c1-3-4-14-12(18)8(2)16-11-10(17(19)20)5-9(6-13)7-15-11/h5,7-8H,3-4H2,1-2H3,(H,14,18)(H,15,16). The summed E-state index contributed by atoms with van der Waals surface area (Å²) in [5, 5.41) is 25.0. The van der Waals surface area contributed by atoms with Gasteiger partial charge in [0.1, 0.15) is 12.1 Å². The summed E-state index contributed by atoms with van der Waals surface area (Å²) in [5.74, 6) is -0.305. The maximum absolute atomic E-state index is 11.7. The van der Waals surface area contributed by atoms with Crippen molar-refractivity contribution in [2.24, 2.45) is 0 Å². The molecule has 106 valence electrons. The lowest BCUT2D eigenvalue weighted by molar-refractivity contribution is -0.384. The van der Waals surface area contributed by atoms with Crippen LogP contribution in [0.1, 0.15) is 25.8 Å². The number of nitrogens with one attached hydrogen (secondary N) is 2. The molecule has 0 saturated carbocycles. The summed E-state index contributed by atoms with van der Waals surface area (Å²) in [4.78, 5) is 25.8. The molecule has 1 rings (SSSR count). The number of nitrogens with zero attached hydrogens (tertiary/aromatic N) is 3. The topological polar surface area (TPSA) is 121 Å². The highest BCUT2D eigenvalue weighted by atomic mass is 16.6. The molecule has 8 heteroatoms. The first-order valence-electron chi connectivity index (χ1n) is 6.08. The quantitative estimate of drug-likeness (QED) is 0.595. The minimum atomic E-state index is -0.666. The van der Waals surface area contributed by atoms with E-state index in [9.17, 15) is 14.9 Å². The summed E-state index contributed by atoms with van der Waals surface area (Å²) in [5.41, 5.74) is -0.246. The van der Waals surface area contributed by atoms with E-state index in [4.69, 9.17) is 5.26 Å². The monoisotopic (exact) mass is 277 g/mol. The minimum Gasteiger partial charge on any atom is -0.354 e. The largest absolute Gasteiger partial charge is 0.354 e. The first-order chi connectivity index (χ1) is 9.49. The highest BCUT2D eigenvalue weighted by Gasteiger charge is 2.20. The van der Waals surface area contributed by atoms with Crippen LogP contribution < -0.4 is 10.6 Å². The molecule has 1 atom stereocenters. The molecule has 20 heavy (non-hydrogen) atoms. The average molecular weight is 277 g/mol. The van der Waals surface area contributed by atoms with Crippen LogP contribution in [0.3, 0.4) is 0 Å². The lowest BCUT2D eigenvalue weighted by atomic mass is 10.2. The minimum absolute atomic E-state index is 0.0341. The van der Waals surface area contributed by atoms with E-state index in [0.29, 0.717) is 6.54 Å². The molecule has 1 unspecified atom stereocenters. The second-order valence-electron chi connectivity index (χ2n) is 4.12. The van der Waals surface area contributed by atoms with Gasteiger partial charge in [-0.05, 0) is 13.3 Å². The number of nitro groups is 1. The number of hydrogen-bond acceptors (Lipinski definition) is 6. The Morgan fingerprint density at radius 2 is 2.35 bits per heavy atom. The lowest BCUT2D eigenvalue weighted by Gasteiger charge is -2.14. The molecule has 0 aliphatic carbocycles. The van der Waals surface area contributed by atoms with Crippen LogP contribution in [0.15, 0.2) is 12.3 Å². The van der Waals surface area contributed by atoms with Crippen molar-refractivity contribution in [3.63, 3.8) is 0 Å². The fourth-order valence-corrected chi connectivity index (χ4v) is 1.44. The predicted molar refractivity (Wildman–Crippen MR) is 72.0 cm³/mol. The van der Waals surface area contributed by atoms with Crippen LogP contribution in [0.5, 0.6) is 0 Å². The van der Waals surface area contributed by atoms with Gasteiger partial charge >= 0.3 is 5.69 Å². The number of rotatable bonds is 6. The van der Waals surface area contributed by atoms with Crippen LogP contribution in [0, 0.1) is 21.4 Å². The summed E-state index contributed by atoms with van der Waals surface area (Å²) < 4.78 is 0. The van der Waals surface area contributed by atoms with Gasteiger partial charge in [0.05, 0.1) is 10.5 Å². The van der Waals surface area contributed by atoms with Crippen LogP contribution >= 0.6 is 0 Å². The molecule has 1 amide bonds. The predicted octanol–water partition coefficient (Wildman–Crippen LogP) is 1.19. The van der Waals surface area contributed by atoms with Crippen molar-refractivity contribution in [3.8, 4) is 6.07 Å². The Morgan fingerprint density at radius 1 is 1.65 bits per heavy atom. The van der Waals surface area contributed by atoms with E-state index in [2.05, 4.69) is 15.6 Å². The second kappa shape index (κ2) is 7.04. The normalized spacial score (nSPS) is 11.2. The third-order valence-electron chi connectivity index (χ3n) is 2.49. The fraction of sp³-hybridized carbons (Fsp3) is 0.417. The van der Waals surface area contributed by atoms with Gasteiger partial charge in [-0.15, -0.1) is 0 Å². The molecule has 0 aromatic carbocycles. The lowest BCUT2D eigenvalue weighted by Crippen LogP contribution is -2.38. The van der Waals surface area contributed by atoms with Gasteiger partial charge < -0.3 is 10.6 Å². The number of carbonyl (C=O) groups excluding carboxylic acids is 1. The number of pyridine rings is 1. The fourth-order valence-electron chi connectivity index (χ4n) is 1.44. The molecule has 0 aliphatic heterocycles. The zero-order chi connectivity index (χ0) is 15.1. The van der Waals surface area contributed by atoms with Crippen molar-refractivity contribution in [1.82, 2.24) is 10.3 Å². The highest BCUT2D eigenvalue weighted by Crippen LogP contribution is 2.23. The van der Waals surface area contributed by atoms with Gasteiger partial charge in [-0.25, -0.2) is 4.98 Å². The molecule has 8 nitrogen and oxygen atoms in total. The summed E-state index contributed by atoms with van der Waals surface area (Å²) in [6.45, 7) is 4.04. The molecule has 0 aliphatic rings. The van der Waals surface area contributed by atoms with E-state index >= 15 is 0 Å². The van der Waals surface area contributed by atoms with Crippen LogP contribution in [0.4, 0.5) is 11.5 Å². The van der Waals surface area contributed by atoms with E-state index in [0.717, 1.165) is 12.5 Å². The van der Waals surface area contributed by atoms with Gasteiger partial charge in [0, 0.05) is 18.8 Å². The molecule has 0 bridgehead atoms. The van der Waals surface area contributed by atoms with E-state index in [-0.39, 0.29) is 23.0 Å². The van der Waals surface area contributed by atoms with Crippen LogP contribution in [0.2, 0.25) is 0 Å². The molecular formula is C12H15N5O3. The summed E-state index contributed by atoms with van der Waals surface area (Å²) in [6, 6.07) is 2.23. The Morgan fingerprint density at radius 3 is 2.90 bits per heavy atom. The van der Waals surface area contributed by atoms with Gasteiger partial charge in [-0.1, -0.05) is 6.92 Å². The van der Waals surface area contributed by atoms with Crippen LogP contribution in [-0.4, -0.2) is 28.4 Å². The van der Waals surface area contributed by atoms with E-state index in [1.54, 1.807) is 13.0 Å². The van der Waals surface area contributed by atoms with Crippen molar-refractivity contribution in [2.45, 2.75) is 26.3 Å². The third kappa shape index (κ3) is 3.91. The highest BCUT2D eigenvalue weighted by molar-refractivity contribution is 5.84. The maximum Gasteiger partial charge on any atom is 0.312 e. The second-order valence-corrected chi connectivity index (χ2v) is 4.12. The first-order valence-corrected chi connectivity index (χ1v) is 6.08. The summed E-state index contributed by atoms with van der Waals surface area (Å²) >= 11 is 0. The number of amides is 1. The third-order valence-corrected chi connectivity index (χ3v) is 2.49. The Balaban J connectivity index is 2.89. The van der Waals surface area contributed by atoms with E-state index in [1.165, 1.54) is 6.20 Å². The maximum atomic E-state index is 11.7. The molecule has 0 saturated heterocycles. The van der Waals surface area contributed by atoms with Gasteiger partial charge in [0.2, 0.25) is 11.7 Å².